The summed E-state index contributed by atoms with van der Waals surface area (Å²) in [6.45, 7) is 2.02. The SMILES string of the molecule is CN(C)CCOCCc1cccc(C(=O)[O-])c1N. The van der Waals surface area contributed by atoms with Crippen molar-refractivity contribution in [2.24, 2.45) is 0 Å². The highest BCUT2D eigenvalue weighted by Gasteiger charge is 2.05. The Morgan fingerprint density at radius 1 is 1.39 bits per heavy atom. The van der Waals surface area contributed by atoms with E-state index < -0.39 is 5.97 Å². The average molecular weight is 251 g/mol. The van der Waals surface area contributed by atoms with Gasteiger partial charge in [0.05, 0.1) is 19.2 Å². The number of ether oxygens (including phenoxy) is 1. The molecular weight excluding hydrogens is 232 g/mol. The normalized spacial score (nSPS) is 10.8. The van der Waals surface area contributed by atoms with Gasteiger partial charge in [-0.1, -0.05) is 18.2 Å². The highest BCUT2D eigenvalue weighted by Crippen LogP contribution is 2.17. The van der Waals surface area contributed by atoms with Crippen LogP contribution in [0, 0.1) is 0 Å². The topological polar surface area (TPSA) is 78.6 Å². The minimum absolute atomic E-state index is 0.0424. The molecule has 5 nitrogen and oxygen atoms in total. The van der Waals surface area contributed by atoms with Crippen LogP contribution < -0.4 is 10.8 Å². The Kier molecular flexibility index (Phi) is 5.61. The molecule has 0 heterocycles. The van der Waals surface area contributed by atoms with E-state index in [9.17, 15) is 9.90 Å². The van der Waals surface area contributed by atoms with E-state index in [4.69, 9.17) is 10.5 Å². The molecule has 0 aliphatic rings. The van der Waals surface area contributed by atoms with Crippen LogP contribution in [0.5, 0.6) is 0 Å². The molecule has 5 heteroatoms. The number of carboxylic acid groups (broad SMARTS) is 1. The van der Waals surface area contributed by atoms with Gasteiger partial charge in [-0.2, -0.15) is 0 Å². The molecule has 0 aliphatic carbocycles. The van der Waals surface area contributed by atoms with Gasteiger partial charge < -0.3 is 25.3 Å². The molecule has 0 aliphatic heterocycles. The summed E-state index contributed by atoms with van der Waals surface area (Å²) in [7, 11) is 3.95. The second-order valence-corrected chi connectivity index (χ2v) is 4.33. The van der Waals surface area contributed by atoms with Gasteiger partial charge in [-0.25, -0.2) is 0 Å². The average Bonchev–Trinajstić information content (AvgIpc) is 2.30. The van der Waals surface area contributed by atoms with Crippen molar-refractivity contribution in [1.82, 2.24) is 4.90 Å². The summed E-state index contributed by atoms with van der Waals surface area (Å²) in [5.41, 5.74) is 6.86. The number of carbonyl (C=O) groups is 1. The molecule has 2 N–H and O–H groups in total. The molecule has 0 amide bonds. The van der Waals surface area contributed by atoms with Gasteiger partial charge in [0.2, 0.25) is 0 Å². The Balaban J connectivity index is 2.48. The van der Waals surface area contributed by atoms with Crippen LogP contribution in [0.4, 0.5) is 5.69 Å². The molecule has 0 unspecified atom stereocenters. The number of para-hydroxylation sites is 1. The maximum absolute atomic E-state index is 10.8. The molecule has 1 aromatic carbocycles. The van der Waals surface area contributed by atoms with Crippen LogP contribution in [0.1, 0.15) is 15.9 Å². The van der Waals surface area contributed by atoms with Crippen molar-refractivity contribution in [3.05, 3.63) is 29.3 Å². The van der Waals surface area contributed by atoms with Crippen LogP contribution in [0.2, 0.25) is 0 Å². The van der Waals surface area contributed by atoms with Gasteiger partial charge >= 0.3 is 0 Å². The Morgan fingerprint density at radius 2 is 2.11 bits per heavy atom. The highest BCUT2D eigenvalue weighted by atomic mass is 16.5. The lowest BCUT2D eigenvalue weighted by Gasteiger charge is -2.13. The summed E-state index contributed by atoms with van der Waals surface area (Å²) >= 11 is 0. The van der Waals surface area contributed by atoms with E-state index in [1.165, 1.54) is 6.07 Å². The van der Waals surface area contributed by atoms with Crippen LogP contribution in [-0.4, -0.2) is 44.7 Å². The first-order valence-electron chi connectivity index (χ1n) is 5.83. The largest absolute Gasteiger partial charge is 0.545 e. The maximum Gasteiger partial charge on any atom is 0.0736 e. The predicted octanol–water partition coefficient (Wildman–Crippen LogP) is -0.247. The third-order valence-corrected chi connectivity index (χ3v) is 2.61. The number of nitrogens with zero attached hydrogens (tertiary/aromatic N) is 1. The van der Waals surface area contributed by atoms with Gasteiger partial charge in [0, 0.05) is 17.8 Å². The van der Waals surface area contributed by atoms with Gasteiger partial charge in [0.1, 0.15) is 0 Å². The molecule has 0 atom stereocenters. The lowest BCUT2D eigenvalue weighted by Crippen LogP contribution is -2.24. The summed E-state index contributed by atoms with van der Waals surface area (Å²) in [6, 6.07) is 4.91. The molecule has 0 radical (unpaired) electrons. The fourth-order valence-corrected chi connectivity index (χ4v) is 1.54. The number of carbonyl (C=O) groups excluding carboxylic acids is 1. The standard InChI is InChI=1S/C13H20N2O3/c1-15(2)7-9-18-8-6-10-4-3-5-11(12(10)14)13(16)17/h3-5H,6-9,14H2,1-2H3,(H,16,17)/p-1. The minimum Gasteiger partial charge on any atom is -0.545 e. The fourth-order valence-electron chi connectivity index (χ4n) is 1.54. The van der Waals surface area contributed by atoms with Crippen molar-refractivity contribution in [2.45, 2.75) is 6.42 Å². The first-order valence-corrected chi connectivity index (χ1v) is 5.83. The minimum atomic E-state index is -1.25. The molecule has 18 heavy (non-hydrogen) atoms. The van der Waals surface area contributed by atoms with Crippen LogP contribution in [0.15, 0.2) is 18.2 Å². The zero-order valence-electron chi connectivity index (χ0n) is 10.8. The Bertz CT molecular complexity index is 405. The van der Waals surface area contributed by atoms with Crippen molar-refractivity contribution in [2.75, 3.05) is 39.6 Å². The van der Waals surface area contributed by atoms with Gasteiger partial charge in [0.25, 0.3) is 0 Å². The smallest absolute Gasteiger partial charge is 0.0736 e. The molecule has 100 valence electrons. The van der Waals surface area contributed by atoms with E-state index in [1.54, 1.807) is 12.1 Å². The van der Waals surface area contributed by atoms with Gasteiger partial charge in [0.15, 0.2) is 0 Å². The second-order valence-electron chi connectivity index (χ2n) is 4.33. The molecule has 0 bridgehead atoms. The maximum atomic E-state index is 10.8. The van der Waals surface area contributed by atoms with Gasteiger partial charge in [-0.05, 0) is 26.1 Å². The van der Waals surface area contributed by atoms with E-state index >= 15 is 0 Å². The van der Waals surface area contributed by atoms with Crippen molar-refractivity contribution in [1.29, 1.82) is 0 Å². The number of nitrogens with two attached hydrogens (primary N) is 1. The Labute approximate surface area is 107 Å². The quantitative estimate of drug-likeness (QED) is 0.534. The summed E-state index contributed by atoms with van der Waals surface area (Å²) in [5, 5.41) is 10.8. The van der Waals surface area contributed by atoms with Gasteiger partial charge in [-0.15, -0.1) is 0 Å². The molecule has 0 spiro atoms. The van der Waals surface area contributed by atoms with Crippen LogP contribution in [0.3, 0.4) is 0 Å². The predicted molar refractivity (Wildman–Crippen MR) is 68.3 cm³/mol. The van der Waals surface area contributed by atoms with Crippen molar-refractivity contribution >= 4 is 11.7 Å². The Morgan fingerprint density at radius 3 is 2.72 bits per heavy atom. The number of hydrogen-bond donors (Lipinski definition) is 1. The van der Waals surface area contributed by atoms with Crippen LogP contribution in [-0.2, 0) is 11.2 Å². The first kappa shape index (κ1) is 14.5. The summed E-state index contributed by atoms with van der Waals surface area (Å²) in [5.74, 6) is -1.25. The summed E-state index contributed by atoms with van der Waals surface area (Å²) in [4.78, 5) is 12.8. The van der Waals surface area contributed by atoms with Crippen LogP contribution >= 0.6 is 0 Å². The first-order chi connectivity index (χ1) is 8.52. The third kappa shape index (κ3) is 4.35. The van der Waals surface area contributed by atoms with Crippen molar-refractivity contribution in [3.63, 3.8) is 0 Å². The number of hydrogen-bond acceptors (Lipinski definition) is 5. The number of anilines is 1. The van der Waals surface area contributed by atoms with E-state index in [1.807, 2.05) is 19.0 Å². The molecule has 0 saturated carbocycles. The molecule has 1 rings (SSSR count). The zero-order valence-corrected chi connectivity index (χ0v) is 10.8. The number of aromatic carboxylic acids is 1. The second kappa shape index (κ2) is 6.98. The van der Waals surface area contributed by atoms with E-state index in [2.05, 4.69) is 0 Å². The lowest BCUT2D eigenvalue weighted by molar-refractivity contribution is -0.254. The van der Waals surface area contributed by atoms with E-state index in [-0.39, 0.29) is 11.3 Å². The fraction of sp³-hybridized carbons (Fsp3) is 0.462. The van der Waals surface area contributed by atoms with E-state index in [0.717, 1.165) is 12.1 Å². The number of rotatable bonds is 7. The van der Waals surface area contributed by atoms with E-state index in [0.29, 0.717) is 19.6 Å². The van der Waals surface area contributed by atoms with Crippen LogP contribution in [0.25, 0.3) is 0 Å². The number of benzene rings is 1. The molecule has 0 saturated heterocycles. The highest BCUT2D eigenvalue weighted by molar-refractivity contribution is 5.92. The van der Waals surface area contributed by atoms with Gasteiger partial charge in [-0.3, -0.25) is 0 Å². The molecule has 0 fully saturated rings. The third-order valence-electron chi connectivity index (χ3n) is 2.61. The molecular formula is C13H19N2O3-. The number of nitrogen functional groups attached to an aromatic ring is 1. The summed E-state index contributed by atoms with van der Waals surface area (Å²) in [6.07, 6.45) is 0.598. The zero-order chi connectivity index (χ0) is 13.5. The number of carboxylic acids is 1. The number of likely N-dealkylation sites (N-methyl/N-ethyl adjacent to an activating group) is 1. The molecule has 1 aromatic rings. The summed E-state index contributed by atoms with van der Waals surface area (Å²) < 4.78 is 5.44. The monoisotopic (exact) mass is 251 g/mol. The Hall–Kier alpha value is -1.59. The molecule has 0 aromatic heterocycles. The van der Waals surface area contributed by atoms with Crippen molar-refractivity contribution < 1.29 is 14.6 Å². The van der Waals surface area contributed by atoms with Crippen molar-refractivity contribution in [3.8, 4) is 0 Å². The lowest BCUT2D eigenvalue weighted by atomic mass is 10.1.